The van der Waals surface area contributed by atoms with Gasteiger partial charge < -0.3 is 9.64 Å². The third-order valence-electron chi connectivity index (χ3n) is 3.11. The van der Waals surface area contributed by atoms with E-state index in [2.05, 4.69) is 13.5 Å². The zero-order valence-corrected chi connectivity index (χ0v) is 11.8. The fourth-order valence-electron chi connectivity index (χ4n) is 2.20. The van der Waals surface area contributed by atoms with Gasteiger partial charge in [-0.25, -0.2) is 4.79 Å². The Labute approximate surface area is 105 Å². The first-order valence-corrected chi connectivity index (χ1v) is 6.22. The van der Waals surface area contributed by atoms with Crippen molar-refractivity contribution in [2.75, 3.05) is 13.6 Å². The number of ether oxygens (including phenoxy) is 1. The van der Waals surface area contributed by atoms with Crippen LogP contribution >= 0.6 is 0 Å². The predicted molar refractivity (Wildman–Crippen MR) is 70.0 cm³/mol. The molecule has 0 aromatic carbocycles. The van der Waals surface area contributed by atoms with Crippen molar-refractivity contribution in [2.24, 2.45) is 5.41 Å². The number of hydrogen-bond acceptors (Lipinski definition) is 2. The topological polar surface area (TPSA) is 29.5 Å². The van der Waals surface area contributed by atoms with E-state index in [0.29, 0.717) is 5.41 Å². The zero-order chi connectivity index (χ0) is 13.3. The molecule has 0 radical (unpaired) electrons. The van der Waals surface area contributed by atoms with Gasteiger partial charge >= 0.3 is 6.09 Å². The van der Waals surface area contributed by atoms with E-state index >= 15 is 0 Å². The van der Waals surface area contributed by atoms with E-state index in [-0.39, 0.29) is 6.09 Å². The molecule has 0 N–H and O–H groups in total. The standard InChI is InChI=1S/C14H25NO2/c1-11-9-14(5,10-11)7-8-15(6)12(16)17-13(2,3)4/h1,7-10H2,2-6H3. The van der Waals surface area contributed by atoms with Crippen LogP contribution in [0.4, 0.5) is 4.79 Å². The van der Waals surface area contributed by atoms with Crippen LogP contribution in [0.3, 0.4) is 0 Å². The smallest absolute Gasteiger partial charge is 0.410 e. The Bertz CT molecular complexity index is 307. The highest BCUT2D eigenvalue weighted by Gasteiger charge is 2.35. The van der Waals surface area contributed by atoms with Crippen molar-refractivity contribution in [1.29, 1.82) is 0 Å². The summed E-state index contributed by atoms with van der Waals surface area (Å²) < 4.78 is 5.31. The van der Waals surface area contributed by atoms with Crippen molar-refractivity contribution in [2.45, 2.75) is 52.6 Å². The van der Waals surface area contributed by atoms with Crippen molar-refractivity contribution in [1.82, 2.24) is 4.90 Å². The molecular weight excluding hydrogens is 214 g/mol. The summed E-state index contributed by atoms with van der Waals surface area (Å²) in [6.07, 6.45) is 2.96. The van der Waals surface area contributed by atoms with Crippen LogP contribution in [0.5, 0.6) is 0 Å². The molecule has 1 rings (SSSR count). The summed E-state index contributed by atoms with van der Waals surface area (Å²) in [7, 11) is 1.80. The molecule has 0 unspecified atom stereocenters. The van der Waals surface area contributed by atoms with Crippen LogP contribution in [0.15, 0.2) is 12.2 Å². The Morgan fingerprint density at radius 2 is 2.00 bits per heavy atom. The number of amides is 1. The molecule has 0 aromatic heterocycles. The fourth-order valence-corrected chi connectivity index (χ4v) is 2.20. The van der Waals surface area contributed by atoms with Gasteiger partial charge in [0.1, 0.15) is 5.60 Å². The monoisotopic (exact) mass is 239 g/mol. The molecule has 17 heavy (non-hydrogen) atoms. The minimum Gasteiger partial charge on any atom is -0.444 e. The SMILES string of the molecule is C=C1CC(C)(CCN(C)C(=O)OC(C)(C)C)C1. The van der Waals surface area contributed by atoms with Gasteiger partial charge in [0.15, 0.2) is 0 Å². The normalized spacial score (nSPS) is 18.5. The molecule has 1 aliphatic carbocycles. The van der Waals surface area contributed by atoms with Gasteiger partial charge in [-0.05, 0) is 45.4 Å². The lowest BCUT2D eigenvalue weighted by molar-refractivity contribution is 0.0270. The number of carbonyl (C=O) groups excluding carboxylic acids is 1. The number of rotatable bonds is 3. The van der Waals surface area contributed by atoms with Gasteiger partial charge in [0.25, 0.3) is 0 Å². The van der Waals surface area contributed by atoms with E-state index in [9.17, 15) is 4.79 Å². The maximum atomic E-state index is 11.7. The number of allylic oxidation sites excluding steroid dienone is 1. The number of hydrogen-bond donors (Lipinski definition) is 0. The molecule has 0 aliphatic heterocycles. The van der Waals surface area contributed by atoms with E-state index in [0.717, 1.165) is 25.8 Å². The van der Waals surface area contributed by atoms with Gasteiger partial charge in [-0.15, -0.1) is 0 Å². The Kier molecular flexibility index (Phi) is 3.90. The van der Waals surface area contributed by atoms with Crippen molar-refractivity contribution in [3.63, 3.8) is 0 Å². The summed E-state index contributed by atoms with van der Waals surface area (Å²) in [5.41, 5.74) is 1.25. The average Bonchev–Trinajstić information content (AvgIpc) is 2.09. The van der Waals surface area contributed by atoms with Crippen LogP contribution in [0.2, 0.25) is 0 Å². The van der Waals surface area contributed by atoms with Crippen LogP contribution in [-0.4, -0.2) is 30.2 Å². The van der Waals surface area contributed by atoms with Crippen LogP contribution in [-0.2, 0) is 4.74 Å². The Hall–Kier alpha value is -0.990. The van der Waals surface area contributed by atoms with Gasteiger partial charge in [-0.3, -0.25) is 0 Å². The van der Waals surface area contributed by atoms with Crippen molar-refractivity contribution in [3.05, 3.63) is 12.2 Å². The second kappa shape index (κ2) is 4.71. The molecular formula is C14H25NO2. The largest absolute Gasteiger partial charge is 0.444 e. The quantitative estimate of drug-likeness (QED) is 0.704. The van der Waals surface area contributed by atoms with Gasteiger partial charge in [-0.2, -0.15) is 0 Å². The van der Waals surface area contributed by atoms with Crippen molar-refractivity contribution in [3.8, 4) is 0 Å². The van der Waals surface area contributed by atoms with Crippen molar-refractivity contribution < 1.29 is 9.53 Å². The highest BCUT2D eigenvalue weighted by molar-refractivity contribution is 5.67. The van der Waals surface area contributed by atoms with Crippen LogP contribution in [0.1, 0.15) is 47.0 Å². The van der Waals surface area contributed by atoms with Crippen LogP contribution in [0, 0.1) is 5.41 Å². The fraction of sp³-hybridized carbons (Fsp3) is 0.786. The third kappa shape index (κ3) is 4.41. The molecule has 1 amide bonds. The van der Waals surface area contributed by atoms with E-state index in [1.165, 1.54) is 5.57 Å². The molecule has 3 heteroatoms. The summed E-state index contributed by atoms with van der Waals surface area (Å²) in [5, 5.41) is 0. The molecule has 0 heterocycles. The molecule has 0 spiro atoms. The lowest BCUT2D eigenvalue weighted by atomic mass is 9.65. The van der Waals surface area contributed by atoms with Gasteiger partial charge in [0.2, 0.25) is 0 Å². The summed E-state index contributed by atoms with van der Waals surface area (Å²) >= 11 is 0. The second-order valence-corrected chi connectivity index (χ2v) is 6.57. The third-order valence-corrected chi connectivity index (χ3v) is 3.11. The minimum atomic E-state index is -0.417. The molecule has 1 saturated carbocycles. The Morgan fingerprint density at radius 1 is 1.47 bits per heavy atom. The second-order valence-electron chi connectivity index (χ2n) is 6.57. The molecule has 0 aromatic rings. The number of nitrogens with zero attached hydrogens (tertiary/aromatic N) is 1. The minimum absolute atomic E-state index is 0.237. The molecule has 3 nitrogen and oxygen atoms in total. The summed E-state index contributed by atoms with van der Waals surface area (Å²) in [6, 6.07) is 0. The molecule has 0 atom stereocenters. The highest BCUT2D eigenvalue weighted by atomic mass is 16.6. The van der Waals surface area contributed by atoms with E-state index in [4.69, 9.17) is 4.74 Å². The molecule has 0 bridgehead atoms. The highest BCUT2D eigenvalue weighted by Crippen LogP contribution is 2.46. The average molecular weight is 239 g/mol. The van der Waals surface area contributed by atoms with E-state index < -0.39 is 5.60 Å². The summed E-state index contributed by atoms with van der Waals surface area (Å²) in [5.74, 6) is 0. The first-order chi connectivity index (χ1) is 7.61. The maximum Gasteiger partial charge on any atom is 0.410 e. The predicted octanol–water partition coefficient (Wildman–Crippen LogP) is 3.60. The van der Waals surface area contributed by atoms with Crippen LogP contribution in [0.25, 0.3) is 0 Å². The molecule has 98 valence electrons. The van der Waals surface area contributed by atoms with Crippen molar-refractivity contribution >= 4 is 6.09 Å². The van der Waals surface area contributed by atoms with Gasteiger partial charge in [-0.1, -0.05) is 19.1 Å². The van der Waals surface area contributed by atoms with E-state index in [1.54, 1.807) is 11.9 Å². The van der Waals surface area contributed by atoms with Crippen LogP contribution < -0.4 is 0 Å². The van der Waals surface area contributed by atoms with E-state index in [1.807, 2.05) is 20.8 Å². The Morgan fingerprint density at radius 3 is 2.41 bits per heavy atom. The first kappa shape index (κ1) is 14.1. The van der Waals surface area contributed by atoms with Gasteiger partial charge in [0.05, 0.1) is 0 Å². The van der Waals surface area contributed by atoms with Gasteiger partial charge in [0, 0.05) is 13.6 Å². The Balaban J connectivity index is 2.32. The molecule has 0 saturated heterocycles. The first-order valence-electron chi connectivity index (χ1n) is 6.22. The lowest BCUT2D eigenvalue weighted by Gasteiger charge is -2.41. The number of carbonyl (C=O) groups is 1. The zero-order valence-electron chi connectivity index (χ0n) is 11.8. The molecule has 1 aliphatic rings. The lowest BCUT2D eigenvalue weighted by Crippen LogP contribution is -2.38. The summed E-state index contributed by atoms with van der Waals surface area (Å²) in [4.78, 5) is 13.4. The molecule has 1 fully saturated rings. The summed E-state index contributed by atoms with van der Waals surface area (Å²) in [6.45, 7) is 12.6. The maximum absolute atomic E-state index is 11.7.